The number of hydrogen-bond donors (Lipinski definition) is 1. The lowest BCUT2D eigenvalue weighted by Crippen LogP contribution is -1.82. The fraction of sp³-hybridized carbons (Fsp3) is 0.0625. The number of nitrogens with zero attached hydrogens (tertiary/aromatic N) is 1. The van der Waals surface area contributed by atoms with Crippen LogP contribution >= 0.6 is 35.4 Å². The van der Waals surface area contributed by atoms with Crippen molar-refractivity contribution in [3.63, 3.8) is 0 Å². The molecule has 22 heavy (non-hydrogen) atoms. The van der Waals surface area contributed by atoms with Crippen molar-refractivity contribution in [3.8, 4) is 11.3 Å². The molecule has 0 aliphatic carbocycles. The number of hydrogen-bond acceptors (Lipinski definition) is 4. The average Bonchev–Trinajstić information content (AvgIpc) is 2.99. The first-order chi connectivity index (χ1) is 10.8. The van der Waals surface area contributed by atoms with E-state index < -0.39 is 0 Å². The fourth-order valence-electron chi connectivity index (χ4n) is 1.96. The van der Waals surface area contributed by atoms with Gasteiger partial charge in [-0.15, -0.1) is 0 Å². The van der Waals surface area contributed by atoms with E-state index in [0.717, 1.165) is 31.0 Å². The molecule has 1 aromatic heterocycles. The SMILES string of the molecule is COSc1ccc(-c2[nH]ncc2Sc2ccc(Cl)cc2)cc1. The van der Waals surface area contributed by atoms with Gasteiger partial charge in [-0.1, -0.05) is 35.5 Å². The van der Waals surface area contributed by atoms with E-state index in [-0.39, 0.29) is 0 Å². The molecule has 0 aliphatic rings. The minimum Gasteiger partial charge on any atom is -0.314 e. The third kappa shape index (κ3) is 3.67. The summed E-state index contributed by atoms with van der Waals surface area (Å²) in [5.41, 5.74) is 2.10. The molecule has 0 fully saturated rings. The summed E-state index contributed by atoms with van der Waals surface area (Å²) in [5, 5.41) is 7.98. The topological polar surface area (TPSA) is 37.9 Å². The molecule has 0 bridgehead atoms. The summed E-state index contributed by atoms with van der Waals surface area (Å²) in [6, 6.07) is 16.0. The van der Waals surface area contributed by atoms with Gasteiger partial charge in [0, 0.05) is 32.4 Å². The van der Waals surface area contributed by atoms with Crippen LogP contribution in [0.25, 0.3) is 11.3 Å². The lowest BCUT2D eigenvalue weighted by atomic mass is 10.2. The largest absolute Gasteiger partial charge is 0.314 e. The van der Waals surface area contributed by atoms with Gasteiger partial charge in [-0.05, 0) is 36.4 Å². The number of nitrogens with one attached hydrogen (secondary N) is 1. The van der Waals surface area contributed by atoms with Crippen molar-refractivity contribution in [1.29, 1.82) is 0 Å². The van der Waals surface area contributed by atoms with Gasteiger partial charge < -0.3 is 4.18 Å². The van der Waals surface area contributed by atoms with E-state index in [9.17, 15) is 0 Å². The second-order valence-electron chi connectivity index (χ2n) is 4.44. The monoisotopic (exact) mass is 348 g/mol. The molecule has 0 spiro atoms. The molecule has 3 rings (SSSR count). The van der Waals surface area contributed by atoms with Crippen LogP contribution < -0.4 is 0 Å². The van der Waals surface area contributed by atoms with Crippen molar-refractivity contribution in [1.82, 2.24) is 10.2 Å². The van der Waals surface area contributed by atoms with Crippen LogP contribution in [0.4, 0.5) is 0 Å². The Morgan fingerprint density at radius 3 is 2.36 bits per heavy atom. The molecule has 0 amide bonds. The molecule has 1 heterocycles. The summed E-state index contributed by atoms with van der Waals surface area (Å²) >= 11 is 8.92. The highest BCUT2D eigenvalue weighted by Gasteiger charge is 2.09. The summed E-state index contributed by atoms with van der Waals surface area (Å²) in [5.74, 6) is 0. The summed E-state index contributed by atoms with van der Waals surface area (Å²) in [6.07, 6.45) is 1.84. The Morgan fingerprint density at radius 1 is 1.00 bits per heavy atom. The van der Waals surface area contributed by atoms with E-state index in [2.05, 4.69) is 22.3 Å². The molecule has 3 aromatic rings. The van der Waals surface area contributed by atoms with Gasteiger partial charge in [-0.2, -0.15) is 5.10 Å². The van der Waals surface area contributed by atoms with Crippen molar-refractivity contribution in [2.24, 2.45) is 0 Å². The predicted octanol–water partition coefficient (Wildman–Crippen LogP) is 5.53. The van der Waals surface area contributed by atoms with Gasteiger partial charge in [0.2, 0.25) is 0 Å². The first-order valence-electron chi connectivity index (χ1n) is 6.54. The Bertz CT molecular complexity index is 742. The molecule has 0 unspecified atom stereocenters. The number of aromatic amines is 1. The summed E-state index contributed by atoms with van der Waals surface area (Å²) < 4.78 is 5.05. The summed E-state index contributed by atoms with van der Waals surface area (Å²) in [7, 11) is 1.66. The molecular weight excluding hydrogens is 336 g/mol. The summed E-state index contributed by atoms with van der Waals surface area (Å²) in [6.45, 7) is 0. The third-order valence-corrected chi connectivity index (χ3v) is 4.89. The van der Waals surface area contributed by atoms with Crippen molar-refractivity contribution in [2.75, 3.05) is 7.11 Å². The predicted molar refractivity (Wildman–Crippen MR) is 92.5 cm³/mol. The second-order valence-corrected chi connectivity index (χ2v) is 6.96. The Morgan fingerprint density at radius 2 is 1.68 bits per heavy atom. The molecule has 2 aromatic carbocycles. The van der Waals surface area contributed by atoms with Gasteiger partial charge in [0.15, 0.2) is 0 Å². The van der Waals surface area contributed by atoms with Crippen LogP contribution in [0.15, 0.2) is 69.4 Å². The third-order valence-electron chi connectivity index (χ3n) is 2.97. The van der Waals surface area contributed by atoms with Crippen LogP contribution in [0.1, 0.15) is 0 Å². The van der Waals surface area contributed by atoms with Gasteiger partial charge in [0.25, 0.3) is 0 Å². The quantitative estimate of drug-likeness (QED) is 0.615. The minimum absolute atomic E-state index is 0.739. The number of halogens is 1. The lowest BCUT2D eigenvalue weighted by molar-refractivity contribution is 0.490. The van der Waals surface area contributed by atoms with Crippen LogP contribution in [0.3, 0.4) is 0 Å². The number of aromatic nitrogens is 2. The first kappa shape index (κ1) is 15.5. The maximum Gasteiger partial charge on any atom is 0.0789 e. The van der Waals surface area contributed by atoms with Crippen LogP contribution in [-0.2, 0) is 4.18 Å². The molecule has 0 radical (unpaired) electrons. The zero-order valence-electron chi connectivity index (χ0n) is 11.7. The zero-order valence-corrected chi connectivity index (χ0v) is 14.1. The highest BCUT2D eigenvalue weighted by atomic mass is 35.5. The number of benzene rings is 2. The lowest BCUT2D eigenvalue weighted by Gasteiger charge is -2.05. The van der Waals surface area contributed by atoms with Crippen LogP contribution in [-0.4, -0.2) is 17.3 Å². The molecule has 0 atom stereocenters. The number of rotatable bonds is 5. The van der Waals surface area contributed by atoms with Crippen molar-refractivity contribution < 1.29 is 4.18 Å². The highest BCUT2D eigenvalue weighted by Crippen LogP contribution is 2.35. The summed E-state index contributed by atoms with van der Waals surface area (Å²) in [4.78, 5) is 3.27. The number of H-pyrrole nitrogens is 1. The van der Waals surface area contributed by atoms with Gasteiger partial charge in [-0.25, -0.2) is 0 Å². The Labute approximate surface area is 142 Å². The molecule has 6 heteroatoms. The van der Waals surface area contributed by atoms with E-state index in [0.29, 0.717) is 0 Å². The first-order valence-corrected chi connectivity index (χ1v) is 8.48. The van der Waals surface area contributed by atoms with E-state index in [1.165, 1.54) is 12.0 Å². The molecule has 0 saturated carbocycles. The van der Waals surface area contributed by atoms with Gasteiger partial charge in [0.05, 0.1) is 23.9 Å². The standard InChI is InChI=1S/C16H13ClN2OS2/c1-20-22-14-6-2-11(3-7-14)16-15(10-18-19-16)21-13-8-4-12(17)5-9-13/h2-10H,1H3,(H,18,19). The van der Waals surface area contributed by atoms with Crippen molar-refractivity contribution >= 4 is 35.4 Å². The molecule has 3 nitrogen and oxygen atoms in total. The van der Waals surface area contributed by atoms with E-state index in [1.807, 2.05) is 42.6 Å². The van der Waals surface area contributed by atoms with Gasteiger partial charge in [0.1, 0.15) is 0 Å². The fourth-order valence-corrected chi connectivity index (χ4v) is 3.42. The highest BCUT2D eigenvalue weighted by molar-refractivity contribution is 7.99. The van der Waals surface area contributed by atoms with E-state index in [1.54, 1.807) is 18.9 Å². The molecule has 0 aliphatic heterocycles. The second kappa shape index (κ2) is 7.24. The molecule has 0 saturated heterocycles. The maximum atomic E-state index is 5.92. The molecule has 112 valence electrons. The molecular formula is C16H13ClN2OS2. The normalized spacial score (nSPS) is 10.8. The minimum atomic E-state index is 0.739. The van der Waals surface area contributed by atoms with Crippen LogP contribution in [0.5, 0.6) is 0 Å². The molecule has 1 N–H and O–H groups in total. The van der Waals surface area contributed by atoms with Crippen LogP contribution in [0.2, 0.25) is 5.02 Å². The Hall–Kier alpha value is -1.40. The van der Waals surface area contributed by atoms with Crippen molar-refractivity contribution in [3.05, 3.63) is 59.8 Å². The Balaban J connectivity index is 1.83. The maximum absolute atomic E-state index is 5.92. The average molecular weight is 349 g/mol. The van der Waals surface area contributed by atoms with Crippen molar-refractivity contribution in [2.45, 2.75) is 14.7 Å². The smallest absolute Gasteiger partial charge is 0.0789 e. The van der Waals surface area contributed by atoms with Gasteiger partial charge in [-0.3, -0.25) is 5.10 Å². The van der Waals surface area contributed by atoms with Crippen LogP contribution in [0, 0.1) is 0 Å². The van der Waals surface area contributed by atoms with E-state index >= 15 is 0 Å². The Kier molecular flexibility index (Phi) is 5.10. The van der Waals surface area contributed by atoms with Gasteiger partial charge >= 0.3 is 0 Å². The van der Waals surface area contributed by atoms with E-state index in [4.69, 9.17) is 15.8 Å². The zero-order chi connectivity index (χ0) is 15.4.